The predicted octanol–water partition coefficient (Wildman–Crippen LogP) is 6.51. The molecule has 184 valence electrons. The number of rotatable bonds is 18. The molecule has 0 fully saturated rings. The van der Waals surface area contributed by atoms with E-state index in [-0.39, 0.29) is 5.75 Å². The maximum atomic E-state index is 13.1. The molecule has 1 rings (SSSR count). The van der Waals surface area contributed by atoms with Gasteiger partial charge >= 0.3 is 10.2 Å². The lowest BCUT2D eigenvalue weighted by Crippen LogP contribution is -2.10. The summed E-state index contributed by atoms with van der Waals surface area (Å²) in [4.78, 5) is 8.66. The number of nitrogens with zero attached hydrogens (tertiary/aromatic N) is 1. The monoisotopic (exact) mass is 493 g/mol. The largest absolute Gasteiger partial charge is 0.332 e. The molecule has 0 aliphatic carbocycles. The van der Waals surface area contributed by atoms with Gasteiger partial charge in [-0.1, -0.05) is 90.4 Å². The first kappa shape index (κ1) is 28.5. The summed E-state index contributed by atoms with van der Waals surface area (Å²) in [5.74, 6) is -0.270. The van der Waals surface area contributed by atoms with Crippen molar-refractivity contribution in [3.05, 3.63) is 28.3 Å². The molecule has 1 aromatic carbocycles. The lowest BCUT2D eigenvalue weighted by atomic mass is 10.0. The number of sulfone groups is 1. The highest BCUT2D eigenvalue weighted by molar-refractivity contribution is 7.91. The minimum absolute atomic E-state index is 0.270. The van der Waals surface area contributed by atoms with Crippen molar-refractivity contribution in [3.63, 3.8) is 0 Å². The van der Waals surface area contributed by atoms with E-state index in [1.165, 1.54) is 57.8 Å². The van der Waals surface area contributed by atoms with Gasteiger partial charge in [-0.15, -0.1) is 3.89 Å². The Bertz CT molecular complexity index is 916. The summed E-state index contributed by atoms with van der Waals surface area (Å²) in [6.45, 7) is 2.22. The zero-order valence-electron chi connectivity index (χ0n) is 18.9. The average molecular weight is 494 g/mol. The van der Waals surface area contributed by atoms with E-state index in [0.29, 0.717) is 18.9 Å². The van der Waals surface area contributed by atoms with Crippen LogP contribution in [-0.2, 0) is 20.1 Å². The molecule has 0 unspecified atom stereocenters. The molecule has 0 heterocycles. The molecule has 0 N–H and O–H groups in total. The van der Waals surface area contributed by atoms with Gasteiger partial charge in [0, 0.05) is 6.07 Å². The van der Waals surface area contributed by atoms with Crippen molar-refractivity contribution in [1.29, 1.82) is 0 Å². The fraction of sp³-hybridized carbons (Fsp3) is 0.727. The molecule has 0 atom stereocenters. The van der Waals surface area contributed by atoms with Crippen molar-refractivity contribution in [2.75, 3.05) is 5.75 Å². The van der Waals surface area contributed by atoms with Crippen LogP contribution in [0.4, 0.5) is 9.57 Å². The van der Waals surface area contributed by atoms with Gasteiger partial charge in [0.25, 0.3) is 5.69 Å². The van der Waals surface area contributed by atoms with Crippen molar-refractivity contribution in [2.45, 2.75) is 107 Å². The lowest BCUT2D eigenvalue weighted by molar-refractivity contribution is -0.388. The molecule has 10 heteroatoms. The Morgan fingerprint density at radius 3 is 1.62 bits per heavy atom. The fourth-order valence-electron chi connectivity index (χ4n) is 3.65. The van der Waals surface area contributed by atoms with Crippen LogP contribution in [0.15, 0.2) is 28.0 Å². The lowest BCUT2D eigenvalue weighted by Gasteiger charge is -2.07. The van der Waals surface area contributed by atoms with Crippen LogP contribution in [0.5, 0.6) is 0 Å². The minimum Gasteiger partial charge on any atom is -0.258 e. The van der Waals surface area contributed by atoms with Gasteiger partial charge in [-0.3, -0.25) is 10.1 Å². The molecule has 0 radical (unpaired) electrons. The van der Waals surface area contributed by atoms with Crippen LogP contribution in [0.3, 0.4) is 0 Å². The third kappa shape index (κ3) is 10.8. The van der Waals surface area contributed by atoms with Gasteiger partial charge in [-0.2, -0.15) is 8.42 Å². The van der Waals surface area contributed by atoms with E-state index in [2.05, 4.69) is 6.92 Å². The number of nitro benzene ring substituents is 1. The number of halogens is 1. The molecule has 0 aliphatic rings. The minimum atomic E-state index is -5.16. The van der Waals surface area contributed by atoms with Crippen LogP contribution in [0.25, 0.3) is 0 Å². The second-order valence-electron chi connectivity index (χ2n) is 8.24. The van der Waals surface area contributed by atoms with Gasteiger partial charge in [0.05, 0.1) is 10.7 Å². The zero-order chi connectivity index (χ0) is 24.0. The normalized spacial score (nSPS) is 12.2. The van der Waals surface area contributed by atoms with Crippen molar-refractivity contribution in [2.24, 2.45) is 0 Å². The van der Waals surface area contributed by atoms with E-state index in [9.17, 15) is 30.8 Å². The van der Waals surface area contributed by atoms with Crippen LogP contribution in [0.2, 0.25) is 0 Å². The smallest absolute Gasteiger partial charge is 0.258 e. The molecular formula is C22H36FNO6S2. The van der Waals surface area contributed by atoms with E-state index in [4.69, 9.17) is 0 Å². The molecule has 0 bridgehead atoms. The molecular weight excluding hydrogens is 457 g/mol. The number of unbranched alkanes of at least 4 members (excludes halogenated alkanes) is 13. The fourth-order valence-corrected chi connectivity index (χ4v) is 5.67. The quantitative estimate of drug-likeness (QED) is 0.0997. The first-order valence-electron chi connectivity index (χ1n) is 11.6. The third-order valence-electron chi connectivity index (χ3n) is 5.51. The maximum absolute atomic E-state index is 13.1. The summed E-state index contributed by atoms with van der Waals surface area (Å²) < 4.78 is 60.0. The van der Waals surface area contributed by atoms with Crippen LogP contribution >= 0.6 is 0 Å². The SMILES string of the molecule is CCCCCCCCCCCCCCCCS(=O)(=O)c1ccc(S(=O)(=O)F)cc1[N+](=O)[O-]. The molecule has 1 aromatic rings. The van der Waals surface area contributed by atoms with Crippen LogP contribution in [-0.4, -0.2) is 27.5 Å². The standard InChI is InChI=1S/C22H36FNO6S2/c1-2-3-4-5-6-7-8-9-10-11-12-13-14-15-18-31(27,28)22-17-16-20(32(23,29)30)19-21(22)24(25)26/h16-17,19H,2-15,18H2,1H3. The molecule has 32 heavy (non-hydrogen) atoms. The second kappa shape index (κ2) is 14.6. The Labute approximate surface area is 192 Å². The topological polar surface area (TPSA) is 111 Å². The van der Waals surface area contributed by atoms with E-state index in [1.54, 1.807) is 0 Å². The summed E-state index contributed by atoms with van der Waals surface area (Å²) in [7, 11) is -9.14. The summed E-state index contributed by atoms with van der Waals surface area (Å²) in [6.07, 6.45) is 15.7. The van der Waals surface area contributed by atoms with Gasteiger partial charge < -0.3 is 0 Å². The molecule has 0 spiro atoms. The van der Waals surface area contributed by atoms with Crippen LogP contribution in [0.1, 0.15) is 96.8 Å². The molecule has 0 saturated heterocycles. The van der Waals surface area contributed by atoms with Gasteiger partial charge in [0.1, 0.15) is 9.79 Å². The summed E-state index contributed by atoms with van der Waals surface area (Å²) in [6, 6.07) is 1.98. The Morgan fingerprint density at radius 2 is 1.22 bits per heavy atom. The highest BCUT2D eigenvalue weighted by atomic mass is 32.3. The predicted molar refractivity (Wildman–Crippen MR) is 124 cm³/mol. The first-order chi connectivity index (χ1) is 15.1. The van der Waals surface area contributed by atoms with Gasteiger partial charge in [0.2, 0.25) is 0 Å². The van der Waals surface area contributed by atoms with Crippen LogP contribution < -0.4 is 0 Å². The molecule has 0 aromatic heterocycles. The van der Waals surface area contributed by atoms with E-state index >= 15 is 0 Å². The highest BCUT2D eigenvalue weighted by Crippen LogP contribution is 2.29. The summed E-state index contributed by atoms with van der Waals surface area (Å²) in [5.41, 5.74) is -0.922. The van der Waals surface area contributed by atoms with E-state index in [1.807, 2.05) is 0 Å². The number of hydrogen-bond acceptors (Lipinski definition) is 6. The van der Waals surface area contributed by atoms with Crippen molar-refractivity contribution in [3.8, 4) is 0 Å². The average Bonchev–Trinajstić information content (AvgIpc) is 2.72. The Kier molecular flexibility index (Phi) is 13.0. The zero-order valence-corrected chi connectivity index (χ0v) is 20.6. The summed E-state index contributed by atoms with van der Waals surface area (Å²) in [5, 5.41) is 11.2. The maximum Gasteiger partial charge on any atom is 0.332 e. The van der Waals surface area contributed by atoms with Gasteiger partial charge in [-0.25, -0.2) is 8.42 Å². The van der Waals surface area contributed by atoms with Gasteiger partial charge in [0.15, 0.2) is 9.84 Å². The van der Waals surface area contributed by atoms with Crippen molar-refractivity contribution < 1.29 is 25.6 Å². The molecule has 0 saturated carbocycles. The number of benzene rings is 1. The van der Waals surface area contributed by atoms with Crippen molar-refractivity contribution >= 4 is 25.7 Å². The highest BCUT2D eigenvalue weighted by Gasteiger charge is 2.28. The van der Waals surface area contributed by atoms with Crippen LogP contribution in [0, 0.1) is 10.1 Å². The second-order valence-corrected chi connectivity index (χ2v) is 11.7. The molecule has 0 aliphatic heterocycles. The van der Waals surface area contributed by atoms with E-state index in [0.717, 1.165) is 31.4 Å². The third-order valence-corrected chi connectivity index (χ3v) is 8.17. The molecule has 7 nitrogen and oxygen atoms in total. The molecule has 0 amide bonds. The first-order valence-corrected chi connectivity index (χ1v) is 14.6. The Balaban J connectivity index is 2.32. The Hall–Kier alpha value is -1.55. The number of nitro groups is 1. The summed E-state index contributed by atoms with van der Waals surface area (Å²) >= 11 is 0. The number of hydrogen-bond donors (Lipinski definition) is 0. The van der Waals surface area contributed by atoms with Crippen molar-refractivity contribution in [1.82, 2.24) is 0 Å². The Morgan fingerprint density at radius 1 is 0.781 bits per heavy atom. The van der Waals surface area contributed by atoms with Gasteiger partial charge in [-0.05, 0) is 18.6 Å². The van der Waals surface area contributed by atoms with E-state index < -0.39 is 40.5 Å².